The Kier molecular flexibility index (Phi) is 4.76. The molecule has 1 aliphatic carbocycles. The second-order valence-corrected chi connectivity index (χ2v) is 5.71. The van der Waals surface area contributed by atoms with Crippen molar-refractivity contribution in [2.75, 3.05) is 19.0 Å². The molecule has 0 unspecified atom stereocenters. The zero-order valence-corrected chi connectivity index (χ0v) is 13.2. The summed E-state index contributed by atoms with van der Waals surface area (Å²) in [5.74, 6) is 0.912. The highest BCUT2D eigenvalue weighted by Crippen LogP contribution is 2.30. The average Bonchev–Trinajstić information content (AvgIpc) is 2.60. The van der Waals surface area contributed by atoms with Gasteiger partial charge >= 0.3 is 6.03 Å². The molecule has 2 amide bonds. The number of hydrogen-bond acceptors (Lipinski definition) is 3. The van der Waals surface area contributed by atoms with E-state index < -0.39 is 0 Å². The SMILES string of the molecule is COc1ccc(NC(=O)NC[C@H]2CCCc3ccccc32)cn1. The molecular formula is C18H21N3O2. The minimum atomic E-state index is -0.208. The topological polar surface area (TPSA) is 63.2 Å². The van der Waals surface area contributed by atoms with Gasteiger partial charge in [0.05, 0.1) is 19.0 Å². The van der Waals surface area contributed by atoms with Crippen LogP contribution in [0.15, 0.2) is 42.6 Å². The van der Waals surface area contributed by atoms with Crippen LogP contribution in [0.5, 0.6) is 5.88 Å². The van der Waals surface area contributed by atoms with Crippen molar-refractivity contribution in [2.24, 2.45) is 0 Å². The van der Waals surface area contributed by atoms with E-state index >= 15 is 0 Å². The molecule has 2 N–H and O–H groups in total. The minimum Gasteiger partial charge on any atom is -0.481 e. The number of pyridine rings is 1. The number of methoxy groups -OCH3 is 1. The quantitative estimate of drug-likeness (QED) is 0.910. The summed E-state index contributed by atoms with van der Waals surface area (Å²) in [6, 6.07) is 11.8. The van der Waals surface area contributed by atoms with E-state index in [4.69, 9.17) is 4.74 Å². The van der Waals surface area contributed by atoms with Gasteiger partial charge in [-0.2, -0.15) is 0 Å². The summed E-state index contributed by atoms with van der Waals surface area (Å²) in [5, 5.41) is 5.75. The molecule has 5 nitrogen and oxygen atoms in total. The maximum Gasteiger partial charge on any atom is 0.319 e. The molecule has 1 aliphatic rings. The highest BCUT2D eigenvalue weighted by atomic mass is 16.5. The van der Waals surface area contributed by atoms with Gasteiger partial charge in [-0.15, -0.1) is 0 Å². The van der Waals surface area contributed by atoms with E-state index in [-0.39, 0.29) is 6.03 Å². The van der Waals surface area contributed by atoms with Crippen LogP contribution in [0, 0.1) is 0 Å². The molecule has 2 aromatic rings. The Morgan fingerprint density at radius 2 is 2.17 bits per heavy atom. The molecule has 0 spiro atoms. The van der Waals surface area contributed by atoms with Gasteiger partial charge in [-0.25, -0.2) is 9.78 Å². The summed E-state index contributed by atoms with van der Waals surface area (Å²) < 4.78 is 4.99. The normalized spacial score (nSPS) is 16.3. The highest BCUT2D eigenvalue weighted by Gasteiger charge is 2.20. The summed E-state index contributed by atoms with van der Waals surface area (Å²) in [6.07, 6.45) is 5.00. The molecule has 120 valence electrons. The maximum absolute atomic E-state index is 12.0. The highest BCUT2D eigenvalue weighted by molar-refractivity contribution is 5.89. The number of carbonyl (C=O) groups is 1. The van der Waals surface area contributed by atoms with Crippen LogP contribution < -0.4 is 15.4 Å². The van der Waals surface area contributed by atoms with Crippen LogP contribution in [0.3, 0.4) is 0 Å². The summed E-state index contributed by atoms with van der Waals surface area (Å²) >= 11 is 0. The number of hydrogen-bond donors (Lipinski definition) is 2. The molecule has 3 rings (SSSR count). The number of carbonyl (C=O) groups excluding carboxylic acids is 1. The van der Waals surface area contributed by atoms with Crippen molar-refractivity contribution < 1.29 is 9.53 Å². The van der Waals surface area contributed by atoms with E-state index in [9.17, 15) is 4.79 Å². The fourth-order valence-corrected chi connectivity index (χ4v) is 3.03. The first kappa shape index (κ1) is 15.3. The first-order valence-electron chi connectivity index (χ1n) is 7.89. The smallest absolute Gasteiger partial charge is 0.319 e. The number of anilines is 1. The van der Waals surface area contributed by atoms with Crippen LogP contribution >= 0.6 is 0 Å². The number of nitrogens with zero attached hydrogens (tertiary/aromatic N) is 1. The third-order valence-corrected chi connectivity index (χ3v) is 4.21. The molecule has 0 bridgehead atoms. The number of nitrogens with one attached hydrogen (secondary N) is 2. The van der Waals surface area contributed by atoms with Crippen molar-refractivity contribution in [3.05, 3.63) is 53.7 Å². The van der Waals surface area contributed by atoms with Crippen LogP contribution in [0.1, 0.15) is 29.9 Å². The first-order valence-corrected chi connectivity index (χ1v) is 7.89. The zero-order valence-electron chi connectivity index (χ0n) is 13.2. The van der Waals surface area contributed by atoms with E-state index in [1.54, 1.807) is 25.4 Å². The van der Waals surface area contributed by atoms with E-state index in [1.165, 1.54) is 17.5 Å². The predicted molar refractivity (Wildman–Crippen MR) is 89.9 cm³/mol. The fourth-order valence-electron chi connectivity index (χ4n) is 3.03. The standard InChI is InChI=1S/C18H21N3O2/c1-23-17-10-9-15(12-19-17)21-18(22)20-11-14-7-4-6-13-5-2-3-8-16(13)14/h2-3,5,8-10,12,14H,4,6-7,11H2,1H3,(H2,20,21,22)/t14-/m1/s1. The molecule has 23 heavy (non-hydrogen) atoms. The van der Waals surface area contributed by atoms with Crippen LogP contribution in [0.4, 0.5) is 10.5 Å². The molecule has 0 saturated heterocycles. The van der Waals surface area contributed by atoms with E-state index in [2.05, 4.69) is 39.9 Å². The molecule has 1 aromatic carbocycles. The van der Waals surface area contributed by atoms with Crippen LogP contribution in [-0.2, 0) is 6.42 Å². The van der Waals surface area contributed by atoms with Crippen LogP contribution in [-0.4, -0.2) is 24.7 Å². The van der Waals surface area contributed by atoms with Crippen molar-refractivity contribution in [3.8, 4) is 5.88 Å². The number of aromatic nitrogens is 1. The van der Waals surface area contributed by atoms with Gasteiger partial charge in [0.1, 0.15) is 0 Å². The van der Waals surface area contributed by atoms with Crippen molar-refractivity contribution >= 4 is 11.7 Å². The number of aryl methyl sites for hydroxylation is 1. The molecular weight excluding hydrogens is 290 g/mol. The Morgan fingerprint density at radius 3 is 2.96 bits per heavy atom. The number of fused-ring (bicyclic) bond motifs is 1. The van der Waals surface area contributed by atoms with Gasteiger partial charge in [-0.05, 0) is 36.5 Å². The number of amides is 2. The first-order chi connectivity index (χ1) is 11.3. The minimum absolute atomic E-state index is 0.208. The molecule has 5 heteroatoms. The summed E-state index contributed by atoms with van der Waals surface area (Å²) in [5.41, 5.74) is 3.42. The monoisotopic (exact) mass is 311 g/mol. The molecule has 1 atom stereocenters. The van der Waals surface area contributed by atoms with Gasteiger partial charge in [0, 0.05) is 18.5 Å². The van der Waals surface area contributed by atoms with E-state index in [1.807, 2.05) is 0 Å². The van der Waals surface area contributed by atoms with Crippen molar-refractivity contribution in [3.63, 3.8) is 0 Å². The summed E-state index contributed by atoms with van der Waals surface area (Å²) in [7, 11) is 1.56. The number of benzene rings is 1. The van der Waals surface area contributed by atoms with E-state index in [0.29, 0.717) is 24.0 Å². The Labute approximate surface area is 136 Å². The number of rotatable bonds is 4. The molecule has 1 heterocycles. The van der Waals surface area contributed by atoms with Gasteiger partial charge in [0.2, 0.25) is 5.88 Å². The Bertz CT molecular complexity index is 670. The third-order valence-electron chi connectivity index (χ3n) is 4.21. The predicted octanol–water partition coefficient (Wildman–Crippen LogP) is 3.33. The van der Waals surface area contributed by atoms with Gasteiger partial charge in [0.15, 0.2) is 0 Å². The molecule has 0 saturated carbocycles. The lowest BCUT2D eigenvalue weighted by Crippen LogP contribution is -2.33. The summed E-state index contributed by atoms with van der Waals surface area (Å²) in [6.45, 7) is 0.645. The maximum atomic E-state index is 12.0. The lowest BCUT2D eigenvalue weighted by Gasteiger charge is -2.25. The van der Waals surface area contributed by atoms with Crippen LogP contribution in [0.25, 0.3) is 0 Å². The number of ether oxygens (including phenoxy) is 1. The third kappa shape index (κ3) is 3.80. The second kappa shape index (κ2) is 7.13. The fraction of sp³-hybridized carbons (Fsp3) is 0.333. The largest absolute Gasteiger partial charge is 0.481 e. The Morgan fingerprint density at radius 1 is 1.30 bits per heavy atom. The van der Waals surface area contributed by atoms with Gasteiger partial charge in [0.25, 0.3) is 0 Å². The Balaban J connectivity index is 1.55. The van der Waals surface area contributed by atoms with Crippen molar-refractivity contribution in [1.82, 2.24) is 10.3 Å². The lowest BCUT2D eigenvalue weighted by molar-refractivity contribution is 0.251. The van der Waals surface area contributed by atoms with Crippen molar-refractivity contribution in [1.29, 1.82) is 0 Å². The average molecular weight is 311 g/mol. The zero-order chi connectivity index (χ0) is 16.1. The molecule has 0 aliphatic heterocycles. The summed E-state index contributed by atoms with van der Waals surface area (Å²) in [4.78, 5) is 16.1. The molecule has 0 fully saturated rings. The number of urea groups is 1. The van der Waals surface area contributed by atoms with Gasteiger partial charge < -0.3 is 15.4 Å². The van der Waals surface area contributed by atoms with Crippen LogP contribution in [0.2, 0.25) is 0 Å². The van der Waals surface area contributed by atoms with Gasteiger partial charge in [-0.1, -0.05) is 24.3 Å². The lowest BCUT2D eigenvalue weighted by atomic mass is 9.83. The second-order valence-electron chi connectivity index (χ2n) is 5.71. The Hall–Kier alpha value is -2.56. The molecule has 1 aromatic heterocycles. The van der Waals surface area contributed by atoms with Gasteiger partial charge in [-0.3, -0.25) is 0 Å². The van der Waals surface area contributed by atoms with E-state index in [0.717, 1.165) is 12.8 Å². The van der Waals surface area contributed by atoms with Crippen molar-refractivity contribution in [2.45, 2.75) is 25.2 Å². The molecule has 0 radical (unpaired) electrons.